The molecular formula is C16H22N2O. The van der Waals surface area contributed by atoms with E-state index in [9.17, 15) is 0 Å². The van der Waals surface area contributed by atoms with Gasteiger partial charge in [0.15, 0.2) is 0 Å². The Morgan fingerprint density at radius 3 is 2.58 bits per heavy atom. The quantitative estimate of drug-likeness (QED) is 0.824. The first kappa shape index (κ1) is 13.7. The number of para-hydroxylation sites is 1. The summed E-state index contributed by atoms with van der Waals surface area (Å²) in [6.07, 6.45) is 1.72. The summed E-state index contributed by atoms with van der Waals surface area (Å²) >= 11 is 0. The molecule has 0 saturated heterocycles. The van der Waals surface area contributed by atoms with Gasteiger partial charge in [-0.1, -0.05) is 18.2 Å². The first-order valence-corrected chi connectivity index (χ1v) is 6.88. The van der Waals surface area contributed by atoms with Gasteiger partial charge in [-0.3, -0.25) is 0 Å². The highest BCUT2D eigenvalue weighted by molar-refractivity contribution is 5.45. The lowest BCUT2D eigenvalue weighted by atomic mass is 10.2. The molecule has 0 amide bonds. The van der Waals surface area contributed by atoms with Crippen LogP contribution in [0.3, 0.4) is 0 Å². The Balaban J connectivity index is 1.81. The molecule has 1 unspecified atom stereocenters. The maximum absolute atomic E-state index is 5.39. The Labute approximate surface area is 115 Å². The Bertz CT molecular complexity index is 453. The van der Waals surface area contributed by atoms with Crippen LogP contribution in [0.5, 0.6) is 0 Å². The van der Waals surface area contributed by atoms with Gasteiger partial charge in [0.2, 0.25) is 0 Å². The number of hydrogen-bond acceptors (Lipinski definition) is 3. The largest absolute Gasteiger partial charge is 0.468 e. The molecule has 1 atom stereocenters. The molecule has 0 aliphatic rings. The molecule has 2 aromatic rings. The van der Waals surface area contributed by atoms with Crippen molar-refractivity contribution in [2.45, 2.75) is 19.9 Å². The molecule has 1 aromatic heterocycles. The van der Waals surface area contributed by atoms with Crippen molar-refractivity contribution in [2.75, 3.05) is 24.5 Å². The van der Waals surface area contributed by atoms with Crippen molar-refractivity contribution in [1.82, 2.24) is 5.32 Å². The minimum absolute atomic E-state index is 0.254. The fraction of sp³-hybridized carbons (Fsp3) is 0.375. The lowest BCUT2D eigenvalue weighted by Gasteiger charge is -2.24. The lowest BCUT2D eigenvalue weighted by Crippen LogP contribution is -2.33. The van der Waals surface area contributed by atoms with Gasteiger partial charge in [0, 0.05) is 25.3 Å². The molecule has 0 fully saturated rings. The van der Waals surface area contributed by atoms with Crippen LogP contribution in [0.15, 0.2) is 53.1 Å². The zero-order chi connectivity index (χ0) is 13.5. The molecule has 19 heavy (non-hydrogen) atoms. The summed E-state index contributed by atoms with van der Waals surface area (Å²) in [5.41, 5.74) is 1.28. The predicted octanol–water partition coefficient (Wildman–Crippen LogP) is 3.46. The fourth-order valence-electron chi connectivity index (χ4n) is 2.16. The monoisotopic (exact) mass is 258 g/mol. The van der Waals surface area contributed by atoms with E-state index in [1.807, 2.05) is 12.1 Å². The number of anilines is 1. The van der Waals surface area contributed by atoms with E-state index >= 15 is 0 Å². The van der Waals surface area contributed by atoms with E-state index in [0.29, 0.717) is 0 Å². The highest BCUT2D eigenvalue weighted by Crippen LogP contribution is 2.14. The number of likely N-dealkylation sites (N-methyl/N-ethyl adjacent to an activating group) is 1. The second-order valence-electron chi connectivity index (χ2n) is 4.61. The Kier molecular flexibility index (Phi) is 5.04. The third-order valence-corrected chi connectivity index (χ3v) is 3.31. The molecule has 3 heteroatoms. The minimum Gasteiger partial charge on any atom is -0.468 e. The molecule has 1 aromatic carbocycles. The summed E-state index contributed by atoms with van der Waals surface area (Å²) in [5.74, 6) is 0.989. The molecule has 2 rings (SSSR count). The van der Waals surface area contributed by atoms with E-state index < -0.39 is 0 Å². The van der Waals surface area contributed by atoms with Crippen LogP contribution in [-0.4, -0.2) is 19.6 Å². The second-order valence-corrected chi connectivity index (χ2v) is 4.61. The maximum atomic E-state index is 5.39. The summed E-state index contributed by atoms with van der Waals surface area (Å²) in [6, 6.07) is 14.7. The van der Waals surface area contributed by atoms with Crippen LogP contribution >= 0.6 is 0 Å². The van der Waals surface area contributed by atoms with Gasteiger partial charge < -0.3 is 14.6 Å². The van der Waals surface area contributed by atoms with E-state index in [1.165, 1.54) is 5.69 Å². The Morgan fingerprint density at radius 1 is 1.16 bits per heavy atom. The van der Waals surface area contributed by atoms with Gasteiger partial charge in [-0.25, -0.2) is 0 Å². The molecule has 0 aliphatic carbocycles. The van der Waals surface area contributed by atoms with Crippen molar-refractivity contribution in [3.63, 3.8) is 0 Å². The van der Waals surface area contributed by atoms with Crippen molar-refractivity contribution < 1.29 is 4.42 Å². The zero-order valence-corrected chi connectivity index (χ0v) is 11.7. The van der Waals surface area contributed by atoms with Crippen LogP contribution in [0.2, 0.25) is 0 Å². The molecule has 0 radical (unpaired) electrons. The van der Waals surface area contributed by atoms with Crippen molar-refractivity contribution in [3.8, 4) is 0 Å². The number of nitrogens with zero attached hydrogens (tertiary/aromatic N) is 1. The topological polar surface area (TPSA) is 28.4 Å². The van der Waals surface area contributed by atoms with Crippen LogP contribution in [0, 0.1) is 0 Å². The zero-order valence-electron chi connectivity index (χ0n) is 11.7. The van der Waals surface area contributed by atoms with E-state index in [2.05, 4.69) is 54.4 Å². The smallest absolute Gasteiger partial charge is 0.120 e. The average molecular weight is 258 g/mol. The summed E-state index contributed by atoms with van der Waals surface area (Å²) < 4.78 is 5.39. The Morgan fingerprint density at radius 2 is 1.95 bits per heavy atom. The molecule has 0 aliphatic heterocycles. The van der Waals surface area contributed by atoms with Gasteiger partial charge >= 0.3 is 0 Å². The Hall–Kier alpha value is -1.74. The summed E-state index contributed by atoms with van der Waals surface area (Å²) in [4.78, 5) is 2.36. The highest BCUT2D eigenvalue weighted by Gasteiger charge is 2.08. The van der Waals surface area contributed by atoms with Gasteiger partial charge in [-0.15, -0.1) is 0 Å². The van der Waals surface area contributed by atoms with E-state index in [1.54, 1.807) is 6.26 Å². The van der Waals surface area contributed by atoms with Crippen molar-refractivity contribution in [2.24, 2.45) is 0 Å². The SMILES string of the molecule is CCN(CCNC(C)c1ccco1)c1ccccc1. The van der Waals surface area contributed by atoms with Crippen LogP contribution in [0.25, 0.3) is 0 Å². The van der Waals surface area contributed by atoms with Crippen molar-refractivity contribution in [1.29, 1.82) is 0 Å². The summed E-state index contributed by atoms with van der Waals surface area (Å²) in [6.45, 7) is 7.25. The van der Waals surface area contributed by atoms with Crippen LogP contribution in [-0.2, 0) is 0 Å². The molecule has 0 saturated carbocycles. The third kappa shape index (κ3) is 3.86. The molecule has 3 nitrogen and oxygen atoms in total. The summed E-state index contributed by atoms with van der Waals surface area (Å²) in [5, 5.41) is 3.48. The number of benzene rings is 1. The second kappa shape index (κ2) is 7.00. The van der Waals surface area contributed by atoms with Gasteiger partial charge in [-0.05, 0) is 38.1 Å². The highest BCUT2D eigenvalue weighted by atomic mass is 16.3. The predicted molar refractivity (Wildman–Crippen MR) is 79.5 cm³/mol. The fourth-order valence-corrected chi connectivity index (χ4v) is 2.16. The molecule has 1 heterocycles. The number of rotatable bonds is 7. The summed E-state index contributed by atoms with van der Waals surface area (Å²) in [7, 11) is 0. The van der Waals surface area contributed by atoms with Crippen LogP contribution in [0.1, 0.15) is 25.6 Å². The van der Waals surface area contributed by atoms with E-state index in [0.717, 1.165) is 25.4 Å². The first-order chi connectivity index (χ1) is 9.31. The molecular weight excluding hydrogens is 236 g/mol. The van der Waals surface area contributed by atoms with Crippen molar-refractivity contribution in [3.05, 3.63) is 54.5 Å². The third-order valence-electron chi connectivity index (χ3n) is 3.31. The van der Waals surface area contributed by atoms with Gasteiger partial charge in [-0.2, -0.15) is 0 Å². The number of furan rings is 1. The van der Waals surface area contributed by atoms with Gasteiger partial charge in [0.25, 0.3) is 0 Å². The minimum atomic E-state index is 0.254. The first-order valence-electron chi connectivity index (χ1n) is 6.88. The van der Waals surface area contributed by atoms with Crippen LogP contribution < -0.4 is 10.2 Å². The van der Waals surface area contributed by atoms with Gasteiger partial charge in [0.1, 0.15) is 5.76 Å². The number of hydrogen-bond donors (Lipinski definition) is 1. The molecule has 102 valence electrons. The maximum Gasteiger partial charge on any atom is 0.120 e. The van der Waals surface area contributed by atoms with E-state index in [-0.39, 0.29) is 6.04 Å². The number of nitrogens with one attached hydrogen (secondary N) is 1. The molecule has 0 bridgehead atoms. The van der Waals surface area contributed by atoms with E-state index in [4.69, 9.17) is 4.42 Å². The standard InChI is InChI=1S/C16H22N2O/c1-3-18(15-8-5-4-6-9-15)12-11-17-14(2)16-10-7-13-19-16/h4-10,13-14,17H,3,11-12H2,1-2H3. The van der Waals surface area contributed by atoms with Gasteiger partial charge in [0.05, 0.1) is 12.3 Å². The molecule has 1 N–H and O–H groups in total. The van der Waals surface area contributed by atoms with Crippen LogP contribution in [0.4, 0.5) is 5.69 Å². The normalized spacial score (nSPS) is 12.3. The lowest BCUT2D eigenvalue weighted by molar-refractivity contribution is 0.432. The average Bonchev–Trinajstić information content (AvgIpc) is 2.98. The van der Waals surface area contributed by atoms with Crippen molar-refractivity contribution >= 4 is 5.69 Å². The molecule has 0 spiro atoms.